The summed E-state index contributed by atoms with van der Waals surface area (Å²) in [6.45, 7) is 2.90. The quantitative estimate of drug-likeness (QED) is 0.767. The number of hydrogen-bond acceptors (Lipinski definition) is 3. The average Bonchev–Trinajstić information content (AvgIpc) is 3.30. The van der Waals surface area contributed by atoms with Gasteiger partial charge in [-0.25, -0.2) is 4.79 Å². The highest BCUT2D eigenvalue weighted by molar-refractivity contribution is 9.10. The van der Waals surface area contributed by atoms with Gasteiger partial charge in [0.05, 0.1) is 18.1 Å². The van der Waals surface area contributed by atoms with Crippen LogP contribution < -0.4 is 5.32 Å². The van der Waals surface area contributed by atoms with Gasteiger partial charge < -0.3 is 15.1 Å². The summed E-state index contributed by atoms with van der Waals surface area (Å²) in [5.41, 5.74) is 2.44. The van der Waals surface area contributed by atoms with Crippen molar-refractivity contribution in [3.63, 3.8) is 0 Å². The van der Waals surface area contributed by atoms with Crippen molar-refractivity contribution in [1.82, 2.24) is 15.1 Å². The summed E-state index contributed by atoms with van der Waals surface area (Å²) in [7, 11) is 0. The van der Waals surface area contributed by atoms with E-state index in [2.05, 4.69) is 40.4 Å². The van der Waals surface area contributed by atoms with Gasteiger partial charge in [0.15, 0.2) is 6.19 Å². The number of amides is 2. The van der Waals surface area contributed by atoms with Crippen LogP contribution in [0.1, 0.15) is 49.3 Å². The highest BCUT2D eigenvalue weighted by Crippen LogP contribution is 2.39. The van der Waals surface area contributed by atoms with Crippen LogP contribution in [0.2, 0.25) is 0 Å². The lowest BCUT2D eigenvalue weighted by Crippen LogP contribution is -2.49. The number of fused-ring (bicyclic) bond motifs is 2. The molecule has 3 fully saturated rings. The summed E-state index contributed by atoms with van der Waals surface area (Å²) in [6.07, 6.45) is 7.34. The van der Waals surface area contributed by atoms with Gasteiger partial charge in [-0.1, -0.05) is 28.1 Å². The molecule has 1 aromatic carbocycles. The molecule has 1 N–H and O–H groups in total. The molecule has 2 bridgehead atoms. The maximum Gasteiger partial charge on any atom is 0.318 e. The number of hydrogen-bond donors (Lipinski definition) is 1. The zero-order valence-electron chi connectivity index (χ0n) is 14.4. The lowest BCUT2D eigenvalue weighted by molar-refractivity contribution is 0.185. The molecular formula is C19H23BrN4O. The molecule has 0 aromatic heterocycles. The maximum atomic E-state index is 13.0. The Labute approximate surface area is 157 Å². The Balaban J connectivity index is 1.49. The van der Waals surface area contributed by atoms with Crippen molar-refractivity contribution in [3.8, 4) is 6.19 Å². The van der Waals surface area contributed by atoms with E-state index in [0.29, 0.717) is 6.04 Å². The number of carbonyl (C=O) groups excluding carboxylic acids is 1. The molecule has 0 aliphatic carbocycles. The van der Waals surface area contributed by atoms with Crippen LogP contribution in [0.15, 0.2) is 22.7 Å². The molecule has 4 rings (SSSR count). The molecule has 132 valence electrons. The van der Waals surface area contributed by atoms with Gasteiger partial charge >= 0.3 is 6.03 Å². The Kier molecular flexibility index (Phi) is 4.36. The molecule has 3 heterocycles. The second kappa shape index (κ2) is 6.53. The molecule has 3 aliphatic rings. The van der Waals surface area contributed by atoms with Crippen LogP contribution in [0, 0.1) is 18.4 Å². The minimum Gasteiger partial charge on any atom is -0.333 e. The van der Waals surface area contributed by atoms with E-state index in [1.165, 1.54) is 11.1 Å². The van der Waals surface area contributed by atoms with Gasteiger partial charge in [0.25, 0.3) is 0 Å². The van der Waals surface area contributed by atoms with E-state index in [0.717, 1.165) is 43.1 Å². The van der Waals surface area contributed by atoms with Crippen molar-refractivity contribution < 1.29 is 4.79 Å². The number of likely N-dealkylation sites (tertiary alicyclic amines) is 1. The summed E-state index contributed by atoms with van der Waals surface area (Å²) in [4.78, 5) is 16.8. The van der Waals surface area contributed by atoms with Crippen LogP contribution in [0.4, 0.5) is 4.79 Å². The maximum absolute atomic E-state index is 13.0. The number of urea groups is 1. The Morgan fingerprint density at radius 3 is 2.96 bits per heavy atom. The molecule has 3 aliphatic heterocycles. The first-order chi connectivity index (χ1) is 12.1. The zero-order chi connectivity index (χ0) is 17.6. The van der Waals surface area contributed by atoms with Gasteiger partial charge in [0.1, 0.15) is 0 Å². The number of nitrogens with zero attached hydrogens (tertiary/aromatic N) is 3. The van der Waals surface area contributed by atoms with Gasteiger partial charge in [-0.2, -0.15) is 5.26 Å². The van der Waals surface area contributed by atoms with Crippen molar-refractivity contribution >= 4 is 22.0 Å². The Morgan fingerprint density at radius 1 is 1.36 bits per heavy atom. The van der Waals surface area contributed by atoms with Crippen molar-refractivity contribution in [2.24, 2.45) is 0 Å². The van der Waals surface area contributed by atoms with Crippen LogP contribution in [-0.4, -0.2) is 40.5 Å². The van der Waals surface area contributed by atoms with E-state index >= 15 is 0 Å². The van der Waals surface area contributed by atoms with Gasteiger partial charge in [0.2, 0.25) is 0 Å². The van der Waals surface area contributed by atoms with E-state index in [1.54, 1.807) is 0 Å². The highest BCUT2D eigenvalue weighted by atomic mass is 79.9. The Morgan fingerprint density at radius 2 is 2.20 bits per heavy atom. The first kappa shape index (κ1) is 16.7. The highest BCUT2D eigenvalue weighted by Gasteiger charge is 2.47. The first-order valence-electron chi connectivity index (χ1n) is 9.10. The van der Waals surface area contributed by atoms with Crippen molar-refractivity contribution in [1.29, 1.82) is 5.26 Å². The lowest BCUT2D eigenvalue weighted by Gasteiger charge is -2.30. The molecule has 0 spiro atoms. The predicted molar refractivity (Wildman–Crippen MR) is 98.8 cm³/mol. The van der Waals surface area contributed by atoms with Crippen molar-refractivity contribution in [2.75, 3.05) is 6.54 Å². The van der Waals surface area contributed by atoms with Crippen LogP contribution in [-0.2, 0) is 0 Å². The number of nitrogens with one attached hydrogen (secondary N) is 1. The topological polar surface area (TPSA) is 59.4 Å². The van der Waals surface area contributed by atoms with E-state index in [9.17, 15) is 10.1 Å². The summed E-state index contributed by atoms with van der Waals surface area (Å²) in [6, 6.07) is 7.00. The standard InChI is InChI=1S/C19H23BrN4O/c1-12-14(4-2-5-15(12)20)17-6-3-9-23(17)19(25)22-16-10-13-7-8-18(16)24(13)11-21/h2,4-5,13,16-18H,3,6-10H2,1H3,(H,22,25)/t13-,16+,17?,18+/m0/s1. The molecule has 2 amide bonds. The van der Waals surface area contributed by atoms with Crippen molar-refractivity contribution in [3.05, 3.63) is 33.8 Å². The monoisotopic (exact) mass is 402 g/mol. The van der Waals surface area contributed by atoms with E-state index in [1.807, 2.05) is 21.9 Å². The molecule has 6 heteroatoms. The minimum absolute atomic E-state index is 0.0253. The van der Waals surface area contributed by atoms with Gasteiger partial charge in [-0.15, -0.1) is 0 Å². The van der Waals surface area contributed by atoms with Crippen molar-refractivity contribution in [2.45, 2.75) is 63.2 Å². The van der Waals surface area contributed by atoms with Crippen LogP contribution in [0.25, 0.3) is 0 Å². The molecule has 1 aromatic rings. The fourth-order valence-corrected chi connectivity index (χ4v) is 5.24. The smallest absolute Gasteiger partial charge is 0.318 e. The minimum atomic E-state index is 0.0253. The molecule has 0 saturated carbocycles. The van der Waals surface area contributed by atoms with E-state index in [-0.39, 0.29) is 24.2 Å². The summed E-state index contributed by atoms with van der Waals surface area (Å²) < 4.78 is 1.09. The molecule has 5 nitrogen and oxygen atoms in total. The third-order valence-corrected chi connectivity index (χ3v) is 7.00. The van der Waals surface area contributed by atoms with Crippen LogP contribution in [0.5, 0.6) is 0 Å². The van der Waals surface area contributed by atoms with Gasteiger partial charge in [-0.3, -0.25) is 0 Å². The largest absolute Gasteiger partial charge is 0.333 e. The number of carbonyl (C=O) groups is 1. The third-order valence-electron chi connectivity index (χ3n) is 6.14. The molecule has 3 saturated heterocycles. The number of rotatable bonds is 2. The number of benzene rings is 1. The van der Waals surface area contributed by atoms with Crippen LogP contribution in [0.3, 0.4) is 0 Å². The molecular weight excluding hydrogens is 380 g/mol. The molecule has 1 unspecified atom stereocenters. The summed E-state index contributed by atoms with van der Waals surface area (Å²) in [5, 5.41) is 12.5. The molecule has 0 radical (unpaired) electrons. The average molecular weight is 403 g/mol. The zero-order valence-corrected chi connectivity index (χ0v) is 16.0. The van der Waals surface area contributed by atoms with Gasteiger partial charge in [0, 0.05) is 17.1 Å². The fraction of sp³-hybridized carbons (Fsp3) is 0.579. The lowest BCUT2D eigenvalue weighted by atomic mass is 9.95. The second-order valence-corrected chi connectivity index (χ2v) is 8.26. The summed E-state index contributed by atoms with van der Waals surface area (Å²) in [5.74, 6) is 0. The number of halogens is 1. The first-order valence-corrected chi connectivity index (χ1v) is 9.89. The molecule has 4 atom stereocenters. The Hall–Kier alpha value is -1.74. The van der Waals surface area contributed by atoms with Crippen LogP contribution >= 0.6 is 15.9 Å². The van der Waals surface area contributed by atoms with E-state index in [4.69, 9.17) is 0 Å². The van der Waals surface area contributed by atoms with Gasteiger partial charge in [-0.05, 0) is 56.2 Å². The van der Waals surface area contributed by atoms with E-state index < -0.39 is 0 Å². The fourth-order valence-electron chi connectivity index (χ4n) is 4.86. The number of nitriles is 1. The predicted octanol–water partition coefficient (Wildman–Crippen LogP) is 3.69. The second-order valence-electron chi connectivity index (χ2n) is 7.40. The SMILES string of the molecule is Cc1c(Br)cccc1C1CCCN1C(=O)N[C@@H]1C[C@@H]2CC[C@H]1N2C#N. The molecule has 25 heavy (non-hydrogen) atoms. The normalized spacial score (nSPS) is 30.6. The Bertz CT molecular complexity index is 731. The summed E-state index contributed by atoms with van der Waals surface area (Å²) >= 11 is 3.60. The third kappa shape index (κ3) is 2.79.